The Kier molecular flexibility index (Phi) is 7.28. The SMILES string of the molecule is Cc1cc2nc3c(=O)n(CC[N+](C)(C)C)c(=O)nc-3n(CC[N+](C)(C)CC[N+](C)(C)C)c2cc1C. The van der Waals surface area contributed by atoms with Gasteiger partial charge >= 0.3 is 5.69 Å². The number of aromatic nitrogens is 4. The van der Waals surface area contributed by atoms with Gasteiger partial charge in [0.1, 0.15) is 13.1 Å². The third kappa shape index (κ3) is 6.54. The zero-order valence-electron chi connectivity index (χ0n) is 23.3. The van der Waals surface area contributed by atoms with Gasteiger partial charge in [0.05, 0.1) is 93.6 Å². The van der Waals surface area contributed by atoms with E-state index in [2.05, 4.69) is 53.2 Å². The molecule has 192 valence electrons. The summed E-state index contributed by atoms with van der Waals surface area (Å²) in [7, 11) is 17.2. The second-order valence-corrected chi connectivity index (χ2v) is 12.6. The van der Waals surface area contributed by atoms with E-state index in [1.807, 2.05) is 38.7 Å². The molecular formula is C26H44N7O2+3. The van der Waals surface area contributed by atoms with Gasteiger partial charge in [-0.25, -0.2) is 9.78 Å². The lowest BCUT2D eigenvalue weighted by Crippen LogP contribution is -2.50. The summed E-state index contributed by atoms with van der Waals surface area (Å²) in [5.41, 5.74) is 3.32. The molecule has 2 aliphatic rings. The zero-order valence-corrected chi connectivity index (χ0v) is 23.3. The lowest BCUT2D eigenvalue weighted by molar-refractivity contribution is -0.937. The Hall–Kier alpha value is -2.62. The highest BCUT2D eigenvalue weighted by atomic mass is 16.2. The maximum atomic E-state index is 13.5. The Bertz CT molecular complexity index is 1310. The minimum atomic E-state index is -0.506. The second kappa shape index (κ2) is 9.44. The Balaban J connectivity index is 2.14. The van der Waals surface area contributed by atoms with Crippen molar-refractivity contribution in [1.82, 2.24) is 19.1 Å². The van der Waals surface area contributed by atoms with E-state index in [-0.39, 0.29) is 11.3 Å². The Morgan fingerprint density at radius 3 is 1.89 bits per heavy atom. The summed E-state index contributed by atoms with van der Waals surface area (Å²) in [5.74, 6) is 0.379. The van der Waals surface area contributed by atoms with Gasteiger partial charge in [0, 0.05) is 0 Å². The summed E-state index contributed by atoms with van der Waals surface area (Å²) >= 11 is 0. The Morgan fingerprint density at radius 1 is 0.714 bits per heavy atom. The monoisotopic (exact) mass is 486 g/mol. The highest BCUT2D eigenvalue weighted by Gasteiger charge is 2.25. The molecule has 0 aromatic heterocycles. The van der Waals surface area contributed by atoms with Gasteiger partial charge < -0.3 is 18.0 Å². The molecule has 0 saturated heterocycles. The van der Waals surface area contributed by atoms with Crippen molar-refractivity contribution in [3.05, 3.63) is 44.1 Å². The zero-order chi connectivity index (χ0) is 26.3. The molecule has 0 aliphatic carbocycles. The lowest BCUT2D eigenvalue weighted by Gasteiger charge is -2.34. The van der Waals surface area contributed by atoms with Crippen LogP contribution >= 0.6 is 0 Å². The number of fused-ring (bicyclic) bond motifs is 2. The molecule has 0 spiro atoms. The molecule has 0 fully saturated rings. The third-order valence-corrected chi connectivity index (χ3v) is 6.76. The van der Waals surface area contributed by atoms with Crippen LogP contribution in [-0.2, 0) is 13.1 Å². The van der Waals surface area contributed by atoms with E-state index in [9.17, 15) is 9.59 Å². The van der Waals surface area contributed by atoms with Crippen molar-refractivity contribution in [3.63, 3.8) is 0 Å². The summed E-state index contributed by atoms with van der Waals surface area (Å²) in [6, 6.07) is 4.12. The van der Waals surface area contributed by atoms with E-state index < -0.39 is 5.69 Å². The van der Waals surface area contributed by atoms with Crippen LogP contribution in [0.1, 0.15) is 11.1 Å². The van der Waals surface area contributed by atoms with Gasteiger partial charge in [0.15, 0.2) is 11.5 Å². The fraction of sp³-hybridized carbons (Fsp3) is 0.615. The standard InChI is InChI=1S/C26H44N7O2/c1-19-17-21-22(18-20(19)2)29(12-14-33(9,10)16-15-32(6,7)8)24-23(27-21)25(34)30(26(35)28-24)11-13-31(3,4)5/h17-18H,11-16H2,1-10H3/q+3. The van der Waals surface area contributed by atoms with Crippen molar-refractivity contribution in [2.45, 2.75) is 26.9 Å². The number of hydrogen-bond acceptors (Lipinski definition) is 4. The molecule has 0 saturated carbocycles. The van der Waals surface area contributed by atoms with Gasteiger partial charge in [-0.2, -0.15) is 4.98 Å². The first-order chi connectivity index (χ1) is 16.0. The predicted octanol–water partition coefficient (Wildman–Crippen LogP) is 1.16. The molecule has 0 bridgehead atoms. The van der Waals surface area contributed by atoms with Crippen LogP contribution in [0, 0.1) is 13.8 Å². The van der Waals surface area contributed by atoms with Gasteiger partial charge in [-0.15, -0.1) is 0 Å². The number of quaternary nitrogens is 3. The quantitative estimate of drug-likeness (QED) is 0.336. The first kappa shape index (κ1) is 27.0. The molecule has 0 atom stereocenters. The topological polar surface area (TPSA) is 69.8 Å². The largest absolute Gasteiger partial charge is 0.352 e. The van der Waals surface area contributed by atoms with Crippen molar-refractivity contribution < 1.29 is 13.4 Å². The van der Waals surface area contributed by atoms with Crippen molar-refractivity contribution >= 4 is 11.0 Å². The summed E-state index contributed by atoms with van der Waals surface area (Å²) in [5, 5.41) is 0. The molecular weight excluding hydrogens is 442 g/mol. The molecule has 35 heavy (non-hydrogen) atoms. The van der Waals surface area contributed by atoms with Gasteiger partial charge in [-0.1, -0.05) is 0 Å². The van der Waals surface area contributed by atoms with Crippen LogP contribution in [0.5, 0.6) is 0 Å². The smallest absolute Gasteiger partial charge is 0.329 e. The number of hydrogen-bond donors (Lipinski definition) is 0. The highest BCUT2D eigenvalue weighted by Crippen LogP contribution is 2.24. The third-order valence-electron chi connectivity index (χ3n) is 6.76. The molecule has 9 heteroatoms. The van der Waals surface area contributed by atoms with E-state index in [0.717, 1.165) is 50.8 Å². The number of nitrogens with zero attached hydrogens (tertiary/aromatic N) is 7. The normalized spacial score (nSPS) is 13.2. The number of rotatable bonds is 9. The first-order valence-electron chi connectivity index (χ1n) is 12.3. The Morgan fingerprint density at radius 2 is 1.29 bits per heavy atom. The fourth-order valence-electron chi connectivity index (χ4n) is 4.00. The molecule has 0 unspecified atom stereocenters. The van der Waals surface area contributed by atoms with Crippen molar-refractivity contribution in [3.8, 4) is 11.5 Å². The van der Waals surface area contributed by atoms with Gasteiger partial charge in [0.25, 0.3) is 5.56 Å². The van der Waals surface area contributed by atoms with Gasteiger partial charge in [0.2, 0.25) is 0 Å². The summed E-state index contributed by atoms with van der Waals surface area (Å²) < 4.78 is 5.64. The van der Waals surface area contributed by atoms with E-state index in [1.54, 1.807) is 0 Å². The van der Waals surface area contributed by atoms with Crippen molar-refractivity contribution in [1.29, 1.82) is 0 Å². The van der Waals surface area contributed by atoms with Crippen molar-refractivity contribution in [2.75, 3.05) is 82.6 Å². The van der Waals surface area contributed by atoms with Crippen LogP contribution in [-0.4, -0.2) is 115 Å². The summed E-state index contributed by atoms with van der Waals surface area (Å²) in [6.45, 7) is 8.62. The number of benzene rings is 1. The molecule has 1 aromatic rings. The minimum Gasteiger partial charge on any atom is -0.329 e. The van der Waals surface area contributed by atoms with Gasteiger partial charge in [-0.05, 0) is 37.1 Å². The van der Waals surface area contributed by atoms with Crippen molar-refractivity contribution in [2.24, 2.45) is 0 Å². The maximum absolute atomic E-state index is 13.5. The lowest BCUT2D eigenvalue weighted by atomic mass is 10.1. The second-order valence-electron chi connectivity index (χ2n) is 12.6. The number of aryl methyl sites for hydroxylation is 2. The average Bonchev–Trinajstić information content (AvgIpc) is 2.70. The number of likely N-dealkylation sites (N-methyl/N-ethyl adjacent to an activating group) is 3. The predicted molar refractivity (Wildman–Crippen MR) is 142 cm³/mol. The molecule has 3 rings (SSSR count). The van der Waals surface area contributed by atoms with Gasteiger partial charge in [-0.3, -0.25) is 9.36 Å². The summed E-state index contributed by atoms with van der Waals surface area (Å²) in [6.07, 6.45) is 0. The molecule has 0 N–H and O–H groups in total. The molecule has 2 heterocycles. The fourth-order valence-corrected chi connectivity index (χ4v) is 4.00. The molecule has 0 radical (unpaired) electrons. The van der Waals surface area contributed by atoms with Crippen LogP contribution in [0.2, 0.25) is 0 Å². The van der Waals surface area contributed by atoms with E-state index >= 15 is 0 Å². The molecule has 0 amide bonds. The maximum Gasteiger partial charge on any atom is 0.352 e. The van der Waals surface area contributed by atoms with Crippen LogP contribution < -0.4 is 11.2 Å². The Labute approximate surface area is 209 Å². The van der Waals surface area contributed by atoms with E-state index in [4.69, 9.17) is 4.98 Å². The van der Waals surface area contributed by atoms with E-state index in [0.29, 0.717) is 29.9 Å². The molecule has 9 nitrogen and oxygen atoms in total. The first-order valence-corrected chi connectivity index (χ1v) is 12.3. The van der Waals surface area contributed by atoms with E-state index in [1.165, 1.54) is 4.57 Å². The van der Waals surface area contributed by atoms with Crippen LogP contribution in [0.25, 0.3) is 22.6 Å². The molecule has 2 aliphatic heterocycles. The highest BCUT2D eigenvalue weighted by molar-refractivity contribution is 5.81. The average molecular weight is 487 g/mol. The van der Waals surface area contributed by atoms with Crippen LogP contribution in [0.4, 0.5) is 0 Å². The minimum absolute atomic E-state index is 0.262. The van der Waals surface area contributed by atoms with Crippen LogP contribution in [0.15, 0.2) is 21.7 Å². The summed E-state index contributed by atoms with van der Waals surface area (Å²) in [4.78, 5) is 35.6. The van der Waals surface area contributed by atoms with Crippen LogP contribution in [0.3, 0.4) is 0 Å². The molecule has 1 aromatic carbocycles.